The quantitative estimate of drug-likeness (QED) is 0.283. The highest BCUT2D eigenvalue weighted by atomic mass is 16.7. The molecule has 2 aromatic carbocycles. The molecule has 1 aliphatic rings. The molecule has 0 aromatic heterocycles. The van der Waals surface area contributed by atoms with E-state index in [0.29, 0.717) is 25.1 Å². The molecule has 9 nitrogen and oxygen atoms in total. The third-order valence-electron chi connectivity index (χ3n) is 5.65. The van der Waals surface area contributed by atoms with E-state index >= 15 is 0 Å². The van der Waals surface area contributed by atoms with Crippen LogP contribution in [-0.4, -0.2) is 36.2 Å². The van der Waals surface area contributed by atoms with E-state index in [0.717, 1.165) is 16.7 Å². The van der Waals surface area contributed by atoms with Crippen molar-refractivity contribution < 1.29 is 33.5 Å². The van der Waals surface area contributed by atoms with Crippen molar-refractivity contribution in [3.8, 4) is 5.75 Å². The van der Waals surface area contributed by atoms with Crippen LogP contribution < -0.4 is 16.1 Å². The average molecular weight is 468 g/mol. The summed E-state index contributed by atoms with van der Waals surface area (Å²) in [5.41, 5.74) is 15.0. The van der Waals surface area contributed by atoms with Gasteiger partial charge < -0.3 is 30.6 Å². The topological polar surface area (TPSA) is 151 Å². The lowest BCUT2D eigenvalue weighted by Crippen LogP contribution is -2.36. The molecular formula is C24H29BN2O7. The maximum Gasteiger partial charge on any atom is 0.526 e. The van der Waals surface area contributed by atoms with E-state index in [1.165, 1.54) is 19.9 Å². The van der Waals surface area contributed by atoms with Crippen LogP contribution in [0.25, 0.3) is 0 Å². The molecule has 34 heavy (non-hydrogen) atoms. The second kappa shape index (κ2) is 11.3. The van der Waals surface area contributed by atoms with Gasteiger partial charge in [-0.3, -0.25) is 9.59 Å². The molecule has 0 saturated carbocycles. The summed E-state index contributed by atoms with van der Waals surface area (Å²) < 4.78 is 15.6. The number of benzene rings is 2. The number of esters is 2. The zero-order valence-electron chi connectivity index (χ0n) is 19.3. The number of ketones is 1. The van der Waals surface area contributed by atoms with E-state index in [-0.39, 0.29) is 29.9 Å². The maximum absolute atomic E-state index is 12.7. The fraction of sp³-hybridized carbons (Fsp3) is 0.375. The van der Waals surface area contributed by atoms with E-state index in [2.05, 4.69) is 0 Å². The van der Waals surface area contributed by atoms with Gasteiger partial charge in [0.05, 0.1) is 0 Å². The van der Waals surface area contributed by atoms with Gasteiger partial charge in [0.2, 0.25) is 6.29 Å². The zero-order chi connectivity index (χ0) is 24.8. The number of ether oxygens (including phenoxy) is 2. The normalized spacial score (nSPS) is 15.7. The van der Waals surface area contributed by atoms with Crippen molar-refractivity contribution in [3.05, 3.63) is 64.2 Å². The molecule has 1 unspecified atom stereocenters. The molecule has 5 N–H and O–H groups in total. The Labute approximate surface area is 198 Å². The number of fused-ring (bicyclic) bond motifs is 1. The zero-order valence-corrected chi connectivity index (χ0v) is 19.3. The highest BCUT2D eigenvalue weighted by molar-refractivity contribution is 6.47. The summed E-state index contributed by atoms with van der Waals surface area (Å²) in [5.74, 6) is -1.65. The Morgan fingerprint density at radius 3 is 2.56 bits per heavy atom. The van der Waals surface area contributed by atoms with E-state index < -0.39 is 31.2 Å². The number of nitrogens with two attached hydrogens (primary N) is 2. The SMILES string of the molecule is CC(=O)OC(C)OC(=O)c1cccc2c1OB(O)[C@@H](CC(=O)Cc1ccc(CN)c(CN)c1)C2. The third kappa shape index (κ3) is 6.22. The Kier molecular flexibility index (Phi) is 8.43. The summed E-state index contributed by atoms with van der Waals surface area (Å²) in [6.07, 6.45) is -0.411. The molecule has 0 bridgehead atoms. The van der Waals surface area contributed by atoms with E-state index in [1.807, 2.05) is 18.2 Å². The highest BCUT2D eigenvalue weighted by Gasteiger charge is 2.38. The van der Waals surface area contributed by atoms with Gasteiger partial charge in [-0.05, 0) is 34.7 Å². The van der Waals surface area contributed by atoms with Crippen LogP contribution in [-0.2, 0) is 45.0 Å². The number of para-hydroxylation sites is 1. The summed E-state index contributed by atoms with van der Waals surface area (Å²) in [5, 5.41) is 10.6. The molecule has 0 fully saturated rings. The van der Waals surface area contributed by atoms with Crippen molar-refractivity contribution in [1.29, 1.82) is 0 Å². The fourth-order valence-electron chi connectivity index (χ4n) is 4.06. The first-order valence-electron chi connectivity index (χ1n) is 11.1. The van der Waals surface area contributed by atoms with Gasteiger partial charge >= 0.3 is 19.1 Å². The molecule has 0 spiro atoms. The average Bonchev–Trinajstić information content (AvgIpc) is 2.78. The molecule has 0 saturated heterocycles. The van der Waals surface area contributed by atoms with Crippen LogP contribution in [0.3, 0.4) is 0 Å². The van der Waals surface area contributed by atoms with Gasteiger partial charge in [-0.1, -0.05) is 30.3 Å². The van der Waals surface area contributed by atoms with Gasteiger partial charge in [0.15, 0.2) is 0 Å². The minimum absolute atomic E-state index is 0.0506. The minimum atomic E-state index is -1.27. The van der Waals surface area contributed by atoms with E-state index in [9.17, 15) is 19.4 Å². The summed E-state index contributed by atoms with van der Waals surface area (Å²) in [6.45, 7) is 3.35. The second-order valence-electron chi connectivity index (χ2n) is 8.28. The smallest absolute Gasteiger partial charge is 0.526 e. The van der Waals surface area contributed by atoms with Gasteiger partial charge in [-0.2, -0.15) is 0 Å². The van der Waals surface area contributed by atoms with Gasteiger partial charge in [-0.15, -0.1) is 0 Å². The van der Waals surface area contributed by atoms with Crippen molar-refractivity contribution >= 4 is 24.8 Å². The maximum atomic E-state index is 12.7. The van der Waals surface area contributed by atoms with Gasteiger partial charge in [0.25, 0.3) is 0 Å². The first kappa shape index (κ1) is 25.4. The van der Waals surface area contributed by atoms with E-state index in [4.69, 9.17) is 25.6 Å². The molecule has 3 rings (SSSR count). The molecule has 1 heterocycles. The molecule has 2 atom stereocenters. The highest BCUT2D eigenvalue weighted by Crippen LogP contribution is 2.37. The Morgan fingerprint density at radius 1 is 1.15 bits per heavy atom. The van der Waals surface area contributed by atoms with Crippen LogP contribution >= 0.6 is 0 Å². The van der Waals surface area contributed by atoms with Crippen LogP contribution in [0.5, 0.6) is 5.75 Å². The van der Waals surface area contributed by atoms with Crippen molar-refractivity contribution in [2.24, 2.45) is 11.5 Å². The predicted molar refractivity (Wildman–Crippen MR) is 125 cm³/mol. The summed E-state index contributed by atoms with van der Waals surface area (Å²) in [4.78, 5) is 36.3. The van der Waals surface area contributed by atoms with Gasteiger partial charge in [0, 0.05) is 45.6 Å². The standard InChI is InChI=1S/C24H29BN2O7/c1-14(28)32-15(2)33-24(30)22-5-3-4-17-10-20(25(31)34-23(17)22)11-21(29)9-16-6-7-18(12-26)19(8-16)13-27/h3-8,15,20,31H,9-13,26-27H2,1-2H3/t15?,20-/m1/s1. The van der Waals surface area contributed by atoms with Gasteiger partial charge in [-0.25, -0.2) is 4.79 Å². The third-order valence-corrected chi connectivity index (χ3v) is 5.65. The monoisotopic (exact) mass is 468 g/mol. The predicted octanol–water partition coefficient (Wildman–Crippen LogP) is 1.66. The minimum Gasteiger partial charge on any atom is -0.535 e. The number of Topliss-reactive ketones (excluding diaryl/α,β-unsaturated/α-hetero) is 1. The van der Waals surface area contributed by atoms with Crippen LogP contribution in [0.4, 0.5) is 0 Å². The number of hydrogen-bond acceptors (Lipinski definition) is 9. The van der Waals surface area contributed by atoms with Crippen molar-refractivity contribution in [1.82, 2.24) is 0 Å². The van der Waals surface area contributed by atoms with Crippen LogP contribution in [0.1, 0.15) is 52.9 Å². The molecule has 1 aliphatic heterocycles. The van der Waals surface area contributed by atoms with Crippen LogP contribution in [0, 0.1) is 0 Å². The lowest BCUT2D eigenvalue weighted by molar-refractivity contribution is -0.162. The number of carbonyl (C=O) groups excluding carboxylic acids is 3. The lowest BCUT2D eigenvalue weighted by atomic mass is 9.64. The Balaban J connectivity index is 1.67. The van der Waals surface area contributed by atoms with Gasteiger partial charge in [0.1, 0.15) is 17.1 Å². The van der Waals surface area contributed by atoms with Crippen LogP contribution in [0.15, 0.2) is 36.4 Å². The number of carbonyl (C=O) groups is 3. The molecule has 0 radical (unpaired) electrons. The van der Waals surface area contributed by atoms with Crippen molar-refractivity contribution in [2.45, 2.75) is 58.3 Å². The Hall–Kier alpha value is -3.21. The molecular weight excluding hydrogens is 439 g/mol. The fourth-order valence-corrected chi connectivity index (χ4v) is 4.06. The summed E-state index contributed by atoms with van der Waals surface area (Å²) in [7, 11) is -1.27. The second-order valence-corrected chi connectivity index (χ2v) is 8.28. The molecule has 0 aliphatic carbocycles. The molecule has 2 aromatic rings. The van der Waals surface area contributed by atoms with Crippen molar-refractivity contribution in [2.75, 3.05) is 0 Å². The summed E-state index contributed by atoms with van der Waals surface area (Å²) >= 11 is 0. The molecule has 0 amide bonds. The first-order valence-corrected chi connectivity index (χ1v) is 11.1. The first-order chi connectivity index (χ1) is 16.2. The molecule has 180 valence electrons. The van der Waals surface area contributed by atoms with Crippen LogP contribution in [0.2, 0.25) is 5.82 Å². The largest absolute Gasteiger partial charge is 0.535 e. The molecule has 10 heteroatoms. The number of hydrogen-bond donors (Lipinski definition) is 3. The Morgan fingerprint density at radius 2 is 1.88 bits per heavy atom. The summed E-state index contributed by atoms with van der Waals surface area (Å²) in [6, 6.07) is 10.6. The Bertz CT molecular complexity index is 1080. The van der Waals surface area contributed by atoms with Crippen molar-refractivity contribution in [3.63, 3.8) is 0 Å². The lowest BCUT2D eigenvalue weighted by Gasteiger charge is -2.28. The number of rotatable bonds is 9. The van der Waals surface area contributed by atoms with E-state index in [1.54, 1.807) is 12.1 Å².